The summed E-state index contributed by atoms with van der Waals surface area (Å²) >= 11 is 0. The lowest BCUT2D eigenvalue weighted by Crippen LogP contribution is -2.23. The Labute approximate surface area is 91.3 Å². The van der Waals surface area contributed by atoms with Crippen molar-refractivity contribution in [2.45, 2.75) is 39.7 Å². The molecule has 1 aromatic rings. The SMILES string of the molecule is CCC(=O)C(C)Oc1ccccc1CC. The first-order chi connectivity index (χ1) is 7.19. The summed E-state index contributed by atoms with van der Waals surface area (Å²) in [5, 5.41) is 0. The standard InChI is InChI=1S/C13H18O2/c1-4-11-8-6-7-9-13(11)15-10(3)12(14)5-2/h6-10H,4-5H2,1-3H3. The number of para-hydroxylation sites is 1. The van der Waals surface area contributed by atoms with Crippen LogP contribution in [0.25, 0.3) is 0 Å². The van der Waals surface area contributed by atoms with E-state index in [2.05, 4.69) is 6.92 Å². The van der Waals surface area contributed by atoms with Crippen LogP contribution in [0.4, 0.5) is 0 Å². The lowest BCUT2D eigenvalue weighted by Gasteiger charge is -2.15. The molecular formula is C13H18O2. The summed E-state index contributed by atoms with van der Waals surface area (Å²) in [6, 6.07) is 7.85. The van der Waals surface area contributed by atoms with Gasteiger partial charge in [-0.15, -0.1) is 0 Å². The summed E-state index contributed by atoms with van der Waals surface area (Å²) in [6.45, 7) is 5.74. The lowest BCUT2D eigenvalue weighted by molar-refractivity contribution is -0.124. The molecule has 0 aliphatic heterocycles. The van der Waals surface area contributed by atoms with Gasteiger partial charge in [0, 0.05) is 6.42 Å². The van der Waals surface area contributed by atoms with Gasteiger partial charge < -0.3 is 4.74 Å². The highest BCUT2D eigenvalue weighted by Gasteiger charge is 2.13. The number of benzene rings is 1. The third kappa shape index (κ3) is 3.08. The van der Waals surface area contributed by atoms with Crippen LogP contribution < -0.4 is 4.74 Å². The van der Waals surface area contributed by atoms with Crippen LogP contribution in [-0.2, 0) is 11.2 Å². The Balaban J connectivity index is 2.75. The number of hydrogen-bond donors (Lipinski definition) is 0. The van der Waals surface area contributed by atoms with Crippen molar-refractivity contribution in [1.29, 1.82) is 0 Å². The zero-order valence-corrected chi connectivity index (χ0v) is 9.62. The Morgan fingerprint density at radius 3 is 2.60 bits per heavy atom. The van der Waals surface area contributed by atoms with Crippen LogP contribution in [0.5, 0.6) is 5.75 Å². The normalized spacial score (nSPS) is 12.2. The monoisotopic (exact) mass is 206 g/mol. The van der Waals surface area contributed by atoms with Crippen LogP contribution >= 0.6 is 0 Å². The molecule has 2 heteroatoms. The average molecular weight is 206 g/mol. The topological polar surface area (TPSA) is 26.3 Å². The Hall–Kier alpha value is -1.31. The summed E-state index contributed by atoms with van der Waals surface area (Å²) in [5.74, 6) is 0.968. The van der Waals surface area contributed by atoms with E-state index in [1.54, 1.807) is 6.92 Å². The minimum atomic E-state index is -0.345. The largest absolute Gasteiger partial charge is 0.483 e. The first-order valence-corrected chi connectivity index (χ1v) is 5.46. The first kappa shape index (κ1) is 11.8. The van der Waals surface area contributed by atoms with E-state index in [-0.39, 0.29) is 11.9 Å². The molecule has 0 heterocycles. The predicted molar refractivity (Wildman–Crippen MR) is 61.2 cm³/mol. The number of carbonyl (C=O) groups is 1. The molecule has 0 aromatic heterocycles. The van der Waals surface area contributed by atoms with Gasteiger partial charge in [0.2, 0.25) is 0 Å². The zero-order valence-electron chi connectivity index (χ0n) is 9.62. The van der Waals surface area contributed by atoms with Crippen LogP contribution in [-0.4, -0.2) is 11.9 Å². The van der Waals surface area contributed by atoms with Crippen LogP contribution in [0.3, 0.4) is 0 Å². The number of ketones is 1. The van der Waals surface area contributed by atoms with E-state index in [4.69, 9.17) is 4.74 Å². The number of Topliss-reactive ketones (excluding diaryl/α,β-unsaturated/α-hetero) is 1. The zero-order chi connectivity index (χ0) is 11.3. The molecular weight excluding hydrogens is 188 g/mol. The molecule has 0 N–H and O–H groups in total. The molecule has 0 saturated heterocycles. The van der Waals surface area contributed by atoms with Crippen molar-refractivity contribution in [3.8, 4) is 5.75 Å². The Morgan fingerprint density at radius 2 is 2.00 bits per heavy atom. The molecule has 1 rings (SSSR count). The van der Waals surface area contributed by atoms with Crippen LogP contribution in [0.2, 0.25) is 0 Å². The highest BCUT2D eigenvalue weighted by molar-refractivity contribution is 5.82. The number of carbonyl (C=O) groups excluding carboxylic acids is 1. The van der Waals surface area contributed by atoms with Gasteiger partial charge in [0.05, 0.1) is 0 Å². The van der Waals surface area contributed by atoms with E-state index >= 15 is 0 Å². The Morgan fingerprint density at radius 1 is 1.33 bits per heavy atom. The quantitative estimate of drug-likeness (QED) is 0.740. The van der Waals surface area contributed by atoms with Crippen molar-refractivity contribution in [2.24, 2.45) is 0 Å². The molecule has 1 aromatic carbocycles. The molecule has 2 nitrogen and oxygen atoms in total. The fraction of sp³-hybridized carbons (Fsp3) is 0.462. The molecule has 0 amide bonds. The van der Waals surface area contributed by atoms with Crippen molar-refractivity contribution < 1.29 is 9.53 Å². The average Bonchev–Trinajstić information content (AvgIpc) is 2.28. The molecule has 1 atom stereocenters. The molecule has 0 saturated carbocycles. The van der Waals surface area contributed by atoms with E-state index in [1.807, 2.05) is 31.2 Å². The van der Waals surface area contributed by atoms with Gasteiger partial charge in [-0.3, -0.25) is 4.79 Å². The fourth-order valence-corrected chi connectivity index (χ4v) is 1.45. The highest BCUT2D eigenvalue weighted by Crippen LogP contribution is 2.20. The number of aryl methyl sites for hydroxylation is 1. The second-order valence-corrected chi connectivity index (χ2v) is 3.54. The second-order valence-electron chi connectivity index (χ2n) is 3.54. The predicted octanol–water partition coefficient (Wildman–Crippen LogP) is 3.00. The molecule has 82 valence electrons. The molecule has 0 aliphatic rings. The van der Waals surface area contributed by atoms with Gasteiger partial charge >= 0.3 is 0 Å². The Bertz CT molecular complexity index is 331. The third-order valence-corrected chi connectivity index (χ3v) is 2.46. The molecule has 0 spiro atoms. The van der Waals surface area contributed by atoms with Crippen LogP contribution in [0, 0.1) is 0 Å². The van der Waals surface area contributed by atoms with Crippen molar-refractivity contribution in [1.82, 2.24) is 0 Å². The summed E-state index contributed by atoms with van der Waals surface area (Å²) in [7, 11) is 0. The summed E-state index contributed by atoms with van der Waals surface area (Å²) in [6.07, 6.45) is 1.10. The third-order valence-electron chi connectivity index (χ3n) is 2.46. The Kier molecular flexibility index (Phi) is 4.35. The van der Waals surface area contributed by atoms with Gasteiger partial charge in [-0.05, 0) is 25.0 Å². The van der Waals surface area contributed by atoms with Crippen molar-refractivity contribution in [3.63, 3.8) is 0 Å². The highest BCUT2D eigenvalue weighted by atomic mass is 16.5. The van der Waals surface area contributed by atoms with E-state index in [0.29, 0.717) is 6.42 Å². The smallest absolute Gasteiger partial charge is 0.172 e. The van der Waals surface area contributed by atoms with Gasteiger partial charge in [-0.25, -0.2) is 0 Å². The number of hydrogen-bond acceptors (Lipinski definition) is 2. The second kappa shape index (κ2) is 5.54. The lowest BCUT2D eigenvalue weighted by atomic mass is 10.1. The number of rotatable bonds is 5. The van der Waals surface area contributed by atoms with Gasteiger partial charge in [-0.1, -0.05) is 32.0 Å². The molecule has 0 fully saturated rings. The maximum atomic E-state index is 11.4. The van der Waals surface area contributed by atoms with Crippen LogP contribution in [0.1, 0.15) is 32.8 Å². The van der Waals surface area contributed by atoms with E-state index < -0.39 is 0 Å². The maximum Gasteiger partial charge on any atom is 0.172 e. The first-order valence-electron chi connectivity index (χ1n) is 5.46. The van der Waals surface area contributed by atoms with Crippen molar-refractivity contribution >= 4 is 5.78 Å². The van der Waals surface area contributed by atoms with E-state index in [9.17, 15) is 4.79 Å². The van der Waals surface area contributed by atoms with Gasteiger partial charge in [0.25, 0.3) is 0 Å². The molecule has 1 unspecified atom stereocenters. The minimum absolute atomic E-state index is 0.140. The van der Waals surface area contributed by atoms with E-state index in [1.165, 1.54) is 0 Å². The van der Waals surface area contributed by atoms with Crippen molar-refractivity contribution in [2.75, 3.05) is 0 Å². The molecule has 0 bridgehead atoms. The van der Waals surface area contributed by atoms with Gasteiger partial charge in [0.15, 0.2) is 11.9 Å². The van der Waals surface area contributed by atoms with Gasteiger partial charge in [0.1, 0.15) is 5.75 Å². The van der Waals surface area contributed by atoms with Gasteiger partial charge in [-0.2, -0.15) is 0 Å². The molecule has 15 heavy (non-hydrogen) atoms. The maximum absolute atomic E-state index is 11.4. The van der Waals surface area contributed by atoms with Crippen LogP contribution in [0.15, 0.2) is 24.3 Å². The summed E-state index contributed by atoms with van der Waals surface area (Å²) < 4.78 is 5.64. The summed E-state index contributed by atoms with van der Waals surface area (Å²) in [4.78, 5) is 11.4. The summed E-state index contributed by atoms with van der Waals surface area (Å²) in [5.41, 5.74) is 1.15. The number of ether oxygens (including phenoxy) is 1. The van der Waals surface area contributed by atoms with E-state index in [0.717, 1.165) is 17.7 Å². The molecule has 0 radical (unpaired) electrons. The molecule has 0 aliphatic carbocycles. The van der Waals surface area contributed by atoms with Crippen molar-refractivity contribution in [3.05, 3.63) is 29.8 Å². The minimum Gasteiger partial charge on any atom is -0.483 e. The fourth-order valence-electron chi connectivity index (χ4n) is 1.45.